The predicted molar refractivity (Wildman–Crippen MR) is 70.8 cm³/mol. The van der Waals surface area contributed by atoms with Gasteiger partial charge >= 0.3 is 5.97 Å². The zero-order valence-corrected chi connectivity index (χ0v) is 11.1. The maximum absolute atomic E-state index is 11.3. The van der Waals surface area contributed by atoms with Crippen molar-refractivity contribution in [3.8, 4) is 11.4 Å². The van der Waals surface area contributed by atoms with Gasteiger partial charge in [0.1, 0.15) is 0 Å². The van der Waals surface area contributed by atoms with Crippen molar-refractivity contribution in [1.82, 2.24) is 19.9 Å². The Labute approximate surface area is 114 Å². The van der Waals surface area contributed by atoms with E-state index in [1.54, 1.807) is 31.5 Å². The number of nitrogens with two attached hydrogens (primary N) is 1. The maximum atomic E-state index is 11.3. The standard InChI is InChI=1S/C11H13N5O2S/c1-2-18-9(17)7-19-11-15-14-10(16(11)12)8-3-5-13-6-4-8/h3-6H,2,7,12H2,1H3. The average Bonchev–Trinajstić information content (AvgIpc) is 2.79. The lowest BCUT2D eigenvalue weighted by atomic mass is 10.2. The van der Waals surface area contributed by atoms with Crippen LogP contribution in [0, 0.1) is 0 Å². The molecule has 8 heteroatoms. The molecule has 7 nitrogen and oxygen atoms in total. The molecule has 0 spiro atoms. The monoisotopic (exact) mass is 279 g/mol. The van der Waals surface area contributed by atoms with Crippen molar-refractivity contribution in [3.05, 3.63) is 24.5 Å². The first-order valence-electron chi connectivity index (χ1n) is 5.61. The summed E-state index contributed by atoms with van der Waals surface area (Å²) < 4.78 is 6.18. The Hall–Kier alpha value is -2.09. The number of esters is 1. The molecule has 2 aromatic heterocycles. The number of thioether (sulfide) groups is 1. The molecule has 0 saturated heterocycles. The molecule has 19 heavy (non-hydrogen) atoms. The van der Waals surface area contributed by atoms with Crippen LogP contribution in [0.2, 0.25) is 0 Å². The van der Waals surface area contributed by atoms with Crippen LogP contribution in [0.15, 0.2) is 29.7 Å². The Morgan fingerprint density at radius 2 is 2.16 bits per heavy atom. The summed E-state index contributed by atoms with van der Waals surface area (Å²) in [4.78, 5) is 15.2. The van der Waals surface area contributed by atoms with Crippen LogP contribution in [0.25, 0.3) is 11.4 Å². The quantitative estimate of drug-likeness (QED) is 0.489. The lowest BCUT2D eigenvalue weighted by molar-refractivity contribution is -0.139. The first-order valence-corrected chi connectivity index (χ1v) is 6.60. The molecule has 2 N–H and O–H groups in total. The molecule has 2 heterocycles. The highest BCUT2D eigenvalue weighted by molar-refractivity contribution is 7.99. The van der Waals surface area contributed by atoms with E-state index in [9.17, 15) is 4.79 Å². The molecular weight excluding hydrogens is 266 g/mol. The number of ether oxygens (including phenoxy) is 1. The number of aromatic nitrogens is 4. The second kappa shape index (κ2) is 6.19. The number of pyridine rings is 1. The number of nitrogen functional groups attached to an aromatic ring is 1. The highest BCUT2D eigenvalue weighted by atomic mass is 32.2. The zero-order chi connectivity index (χ0) is 13.7. The first kappa shape index (κ1) is 13.3. The van der Waals surface area contributed by atoms with Crippen molar-refractivity contribution < 1.29 is 9.53 Å². The third-order valence-electron chi connectivity index (χ3n) is 2.23. The molecule has 0 aliphatic carbocycles. The van der Waals surface area contributed by atoms with Crippen molar-refractivity contribution in [2.45, 2.75) is 12.1 Å². The highest BCUT2D eigenvalue weighted by Gasteiger charge is 2.13. The minimum atomic E-state index is -0.305. The molecule has 0 fully saturated rings. The molecule has 0 aliphatic heterocycles. The number of hydrogen-bond acceptors (Lipinski definition) is 7. The molecule has 0 aliphatic rings. The molecule has 0 amide bonds. The van der Waals surface area contributed by atoms with Crippen molar-refractivity contribution >= 4 is 17.7 Å². The Balaban J connectivity index is 2.09. The van der Waals surface area contributed by atoms with E-state index in [1.165, 1.54) is 16.4 Å². The van der Waals surface area contributed by atoms with Gasteiger partial charge in [0.25, 0.3) is 0 Å². The topological polar surface area (TPSA) is 95.9 Å². The fourth-order valence-corrected chi connectivity index (χ4v) is 2.05. The molecular formula is C11H13N5O2S. The fraction of sp³-hybridized carbons (Fsp3) is 0.273. The molecule has 0 bridgehead atoms. The Kier molecular flexibility index (Phi) is 4.35. The van der Waals surface area contributed by atoms with Gasteiger partial charge in [-0.25, -0.2) is 4.68 Å². The van der Waals surface area contributed by atoms with Crippen LogP contribution < -0.4 is 5.84 Å². The minimum absolute atomic E-state index is 0.152. The van der Waals surface area contributed by atoms with Gasteiger partial charge in [-0.2, -0.15) is 0 Å². The van der Waals surface area contributed by atoms with Crippen LogP contribution in [0.5, 0.6) is 0 Å². The number of carbonyl (C=O) groups excluding carboxylic acids is 1. The third kappa shape index (κ3) is 3.22. The number of nitrogens with zero attached hydrogens (tertiary/aromatic N) is 4. The fourth-order valence-electron chi connectivity index (χ4n) is 1.40. The lowest BCUT2D eigenvalue weighted by Gasteiger charge is -2.03. The summed E-state index contributed by atoms with van der Waals surface area (Å²) in [7, 11) is 0. The van der Waals surface area contributed by atoms with Crippen molar-refractivity contribution in [2.75, 3.05) is 18.2 Å². The van der Waals surface area contributed by atoms with Gasteiger partial charge in [0.15, 0.2) is 5.82 Å². The third-order valence-corrected chi connectivity index (χ3v) is 3.14. The van der Waals surface area contributed by atoms with E-state index in [-0.39, 0.29) is 11.7 Å². The van der Waals surface area contributed by atoms with Crippen LogP contribution in [0.1, 0.15) is 6.92 Å². The molecule has 0 atom stereocenters. The van der Waals surface area contributed by atoms with Crippen LogP contribution in [0.4, 0.5) is 0 Å². The summed E-state index contributed by atoms with van der Waals surface area (Å²) in [5.74, 6) is 6.26. The molecule has 2 rings (SSSR count). The van der Waals surface area contributed by atoms with Crippen molar-refractivity contribution in [1.29, 1.82) is 0 Å². The van der Waals surface area contributed by atoms with E-state index >= 15 is 0 Å². The van der Waals surface area contributed by atoms with Crippen molar-refractivity contribution in [3.63, 3.8) is 0 Å². The summed E-state index contributed by atoms with van der Waals surface area (Å²) in [6.07, 6.45) is 3.30. The molecule has 0 aromatic carbocycles. The molecule has 0 unspecified atom stereocenters. The second-order valence-corrected chi connectivity index (χ2v) is 4.45. The van der Waals surface area contributed by atoms with E-state index < -0.39 is 0 Å². The molecule has 100 valence electrons. The van der Waals surface area contributed by atoms with Gasteiger partial charge in [-0.05, 0) is 19.1 Å². The number of hydrogen-bond donors (Lipinski definition) is 1. The molecule has 0 saturated carbocycles. The van der Waals surface area contributed by atoms with Gasteiger partial charge in [-0.3, -0.25) is 9.78 Å². The van der Waals surface area contributed by atoms with E-state index in [4.69, 9.17) is 10.6 Å². The number of rotatable bonds is 5. The van der Waals surface area contributed by atoms with Gasteiger partial charge in [-0.15, -0.1) is 10.2 Å². The zero-order valence-electron chi connectivity index (χ0n) is 10.3. The van der Waals surface area contributed by atoms with Gasteiger partial charge in [0.05, 0.1) is 12.4 Å². The van der Waals surface area contributed by atoms with Crippen LogP contribution in [-0.4, -0.2) is 38.2 Å². The maximum Gasteiger partial charge on any atom is 0.316 e. The summed E-state index contributed by atoms with van der Waals surface area (Å²) in [5.41, 5.74) is 0.813. The summed E-state index contributed by atoms with van der Waals surface area (Å²) in [6.45, 7) is 2.12. The second-order valence-electron chi connectivity index (χ2n) is 3.51. The van der Waals surface area contributed by atoms with E-state index in [1.807, 2.05) is 0 Å². The summed E-state index contributed by atoms with van der Waals surface area (Å²) in [6, 6.07) is 3.57. The summed E-state index contributed by atoms with van der Waals surface area (Å²) in [5, 5.41) is 8.40. The largest absolute Gasteiger partial charge is 0.465 e. The Morgan fingerprint density at radius 1 is 1.42 bits per heavy atom. The molecule has 2 aromatic rings. The van der Waals surface area contributed by atoms with Crippen molar-refractivity contribution in [2.24, 2.45) is 0 Å². The van der Waals surface area contributed by atoms with Gasteiger partial charge in [0, 0.05) is 18.0 Å². The van der Waals surface area contributed by atoms with Crippen LogP contribution in [-0.2, 0) is 9.53 Å². The van der Waals surface area contributed by atoms with E-state index in [0.29, 0.717) is 17.6 Å². The van der Waals surface area contributed by atoms with Crippen LogP contribution in [0.3, 0.4) is 0 Å². The van der Waals surface area contributed by atoms with E-state index in [2.05, 4.69) is 15.2 Å². The Bertz CT molecular complexity index is 557. The predicted octanol–water partition coefficient (Wildman–Crippen LogP) is 0.709. The smallest absolute Gasteiger partial charge is 0.316 e. The number of carbonyl (C=O) groups is 1. The van der Waals surface area contributed by atoms with E-state index in [0.717, 1.165) is 5.56 Å². The molecule has 0 radical (unpaired) electrons. The average molecular weight is 279 g/mol. The van der Waals surface area contributed by atoms with Crippen LogP contribution >= 0.6 is 11.8 Å². The first-order chi connectivity index (χ1) is 9.22. The highest BCUT2D eigenvalue weighted by Crippen LogP contribution is 2.20. The normalized spacial score (nSPS) is 10.4. The van der Waals surface area contributed by atoms with Gasteiger partial charge in [-0.1, -0.05) is 11.8 Å². The lowest BCUT2D eigenvalue weighted by Crippen LogP contribution is -2.13. The minimum Gasteiger partial charge on any atom is -0.465 e. The SMILES string of the molecule is CCOC(=O)CSc1nnc(-c2ccncc2)n1N. The Morgan fingerprint density at radius 3 is 2.84 bits per heavy atom. The van der Waals surface area contributed by atoms with Gasteiger partial charge < -0.3 is 10.6 Å². The summed E-state index contributed by atoms with van der Waals surface area (Å²) >= 11 is 1.18. The van der Waals surface area contributed by atoms with Gasteiger partial charge in [0.2, 0.25) is 5.16 Å².